The van der Waals surface area contributed by atoms with Crippen molar-refractivity contribution in [3.63, 3.8) is 0 Å². The summed E-state index contributed by atoms with van der Waals surface area (Å²) in [6, 6.07) is 9.36. The Balaban J connectivity index is 2.25. The van der Waals surface area contributed by atoms with Crippen molar-refractivity contribution in [2.24, 2.45) is 0 Å². The van der Waals surface area contributed by atoms with Crippen molar-refractivity contribution in [1.29, 1.82) is 5.26 Å². The van der Waals surface area contributed by atoms with Crippen molar-refractivity contribution in [1.82, 2.24) is 4.98 Å². The van der Waals surface area contributed by atoms with Crippen LogP contribution >= 0.6 is 15.9 Å². The van der Waals surface area contributed by atoms with E-state index in [1.54, 1.807) is 12.1 Å². The van der Waals surface area contributed by atoms with Crippen LogP contribution in [0.4, 0.5) is 4.39 Å². The largest absolute Gasteiger partial charge is 0.453 e. The quantitative estimate of drug-likeness (QED) is 0.849. The van der Waals surface area contributed by atoms with E-state index in [4.69, 9.17) is 10.00 Å². The Bertz CT molecular complexity index is 578. The normalized spacial score (nSPS) is 9.71. The first kappa shape index (κ1) is 11.6. The fourth-order valence-corrected chi connectivity index (χ4v) is 1.53. The van der Waals surface area contributed by atoms with Gasteiger partial charge in [0.2, 0.25) is 0 Å². The molecule has 1 heterocycles. The topological polar surface area (TPSA) is 45.9 Å². The Morgan fingerprint density at radius 3 is 2.76 bits per heavy atom. The Morgan fingerprint density at radius 2 is 2.12 bits per heavy atom. The van der Waals surface area contributed by atoms with Gasteiger partial charge in [0.15, 0.2) is 11.6 Å². The fourth-order valence-electron chi connectivity index (χ4n) is 1.19. The third-order valence-corrected chi connectivity index (χ3v) is 2.47. The number of rotatable bonds is 2. The van der Waals surface area contributed by atoms with Crippen molar-refractivity contribution in [2.45, 2.75) is 0 Å². The van der Waals surface area contributed by atoms with Gasteiger partial charge in [-0.05, 0) is 30.3 Å². The van der Waals surface area contributed by atoms with Gasteiger partial charge in [-0.3, -0.25) is 0 Å². The summed E-state index contributed by atoms with van der Waals surface area (Å²) in [5, 5.41) is 8.58. The van der Waals surface area contributed by atoms with Crippen molar-refractivity contribution >= 4 is 15.9 Å². The lowest BCUT2D eigenvalue weighted by atomic mass is 10.3. The van der Waals surface area contributed by atoms with E-state index >= 15 is 0 Å². The Hall–Kier alpha value is -1.93. The molecule has 0 amide bonds. The number of hydrogen-bond donors (Lipinski definition) is 0. The molecule has 17 heavy (non-hydrogen) atoms. The van der Waals surface area contributed by atoms with Crippen molar-refractivity contribution in [3.8, 4) is 17.6 Å². The highest BCUT2D eigenvalue weighted by atomic mass is 79.9. The van der Waals surface area contributed by atoms with Gasteiger partial charge in [-0.2, -0.15) is 5.26 Å². The van der Waals surface area contributed by atoms with Crippen LogP contribution < -0.4 is 4.74 Å². The van der Waals surface area contributed by atoms with Gasteiger partial charge in [-0.25, -0.2) is 9.37 Å². The highest BCUT2D eigenvalue weighted by Gasteiger charge is 2.05. The average Bonchev–Trinajstić information content (AvgIpc) is 2.35. The molecule has 1 aromatic heterocycles. The second-order valence-corrected chi connectivity index (χ2v) is 4.08. The van der Waals surface area contributed by atoms with Crippen LogP contribution in [0, 0.1) is 17.1 Å². The number of nitriles is 1. The number of nitrogens with zero attached hydrogens (tertiary/aromatic N) is 2. The summed E-state index contributed by atoms with van der Waals surface area (Å²) in [5.41, 5.74) is 0.284. The average molecular weight is 293 g/mol. The third kappa shape index (κ3) is 2.80. The molecular formula is C12H6BrFN2O. The summed E-state index contributed by atoms with van der Waals surface area (Å²) >= 11 is 3.23. The maximum atomic E-state index is 13.4. The van der Waals surface area contributed by atoms with E-state index in [-0.39, 0.29) is 11.4 Å². The number of ether oxygens (including phenoxy) is 1. The Kier molecular flexibility index (Phi) is 3.35. The minimum Gasteiger partial charge on any atom is -0.453 e. The minimum atomic E-state index is -0.461. The first-order chi connectivity index (χ1) is 8.19. The van der Waals surface area contributed by atoms with Gasteiger partial charge in [0.05, 0.1) is 6.20 Å². The summed E-state index contributed by atoms with van der Waals surface area (Å²) in [6.07, 6.45) is 1.37. The standard InChI is InChI=1S/C12H6BrFN2O/c13-8-1-4-11(14)12(5-8)17-10-3-2-9(6-15)16-7-10/h1-5,7H. The van der Waals surface area contributed by atoms with E-state index < -0.39 is 5.82 Å². The zero-order chi connectivity index (χ0) is 12.3. The van der Waals surface area contributed by atoms with Gasteiger partial charge in [0.25, 0.3) is 0 Å². The SMILES string of the molecule is N#Cc1ccc(Oc2cc(Br)ccc2F)cn1. The molecule has 0 saturated heterocycles. The number of halogens is 2. The second kappa shape index (κ2) is 4.93. The molecule has 0 N–H and O–H groups in total. The molecule has 3 nitrogen and oxygen atoms in total. The molecule has 0 aliphatic rings. The van der Waals surface area contributed by atoms with Gasteiger partial charge in [0.1, 0.15) is 17.5 Å². The first-order valence-electron chi connectivity index (χ1n) is 4.68. The zero-order valence-corrected chi connectivity index (χ0v) is 10.1. The van der Waals surface area contributed by atoms with E-state index in [9.17, 15) is 4.39 Å². The smallest absolute Gasteiger partial charge is 0.165 e. The number of aromatic nitrogens is 1. The molecule has 0 aliphatic heterocycles. The second-order valence-electron chi connectivity index (χ2n) is 3.17. The molecule has 0 aliphatic carbocycles. The summed E-state index contributed by atoms with van der Waals surface area (Å²) in [7, 11) is 0. The van der Waals surface area contributed by atoms with Crippen LogP contribution in [0.15, 0.2) is 41.0 Å². The molecule has 0 saturated carbocycles. The Morgan fingerprint density at radius 1 is 1.29 bits per heavy atom. The third-order valence-electron chi connectivity index (χ3n) is 1.97. The summed E-state index contributed by atoms with van der Waals surface area (Å²) in [4.78, 5) is 3.83. The molecule has 1 aromatic carbocycles. The molecule has 0 bridgehead atoms. The van der Waals surface area contributed by atoms with Crippen LogP contribution in [0.25, 0.3) is 0 Å². The van der Waals surface area contributed by atoms with Gasteiger partial charge < -0.3 is 4.74 Å². The zero-order valence-electron chi connectivity index (χ0n) is 8.52. The lowest BCUT2D eigenvalue weighted by molar-refractivity contribution is 0.440. The lowest BCUT2D eigenvalue weighted by Crippen LogP contribution is -1.90. The van der Waals surface area contributed by atoms with Crippen LogP contribution in [-0.4, -0.2) is 4.98 Å². The highest BCUT2D eigenvalue weighted by molar-refractivity contribution is 9.10. The fraction of sp³-hybridized carbons (Fsp3) is 0. The van der Waals surface area contributed by atoms with Gasteiger partial charge in [-0.15, -0.1) is 0 Å². The number of hydrogen-bond acceptors (Lipinski definition) is 3. The summed E-state index contributed by atoms with van der Waals surface area (Å²) < 4.78 is 19.4. The predicted molar refractivity (Wildman–Crippen MR) is 63.1 cm³/mol. The van der Waals surface area contributed by atoms with E-state index in [0.717, 1.165) is 4.47 Å². The van der Waals surface area contributed by atoms with Crippen molar-refractivity contribution < 1.29 is 9.13 Å². The number of pyridine rings is 1. The van der Waals surface area contributed by atoms with E-state index in [0.29, 0.717) is 5.75 Å². The van der Waals surface area contributed by atoms with Crippen LogP contribution in [-0.2, 0) is 0 Å². The predicted octanol–water partition coefficient (Wildman–Crippen LogP) is 3.65. The molecule has 84 valence electrons. The van der Waals surface area contributed by atoms with Gasteiger partial charge in [-0.1, -0.05) is 15.9 Å². The lowest BCUT2D eigenvalue weighted by Gasteiger charge is -2.06. The number of benzene rings is 1. The van der Waals surface area contributed by atoms with Crippen LogP contribution in [0.3, 0.4) is 0 Å². The van der Waals surface area contributed by atoms with Crippen LogP contribution in [0.1, 0.15) is 5.69 Å². The highest BCUT2D eigenvalue weighted by Crippen LogP contribution is 2.27. The van der Waals surface area contributed by atoms with Crippen molar-refractivity contribution in [3.05, 3.63) is 52.5 Å². The summed E-state index contributed by atoms with van der Waals surface area (Å²) in [5.74, 6) is 0.0180. The maximum Gasteiger partial charge on any atom is 0.165 e. The van der Waals surface area contributed by atoms with E-state index in [1.165, 1.54) is 24.4 Å². The molecule has 2 aromatic rings. The molecule has 0 spiro atoms. The van der Waals surface area contributed by atoms with Gasteiger partial charge in [0, 0.05) is 4.47 Å². The monoisotopic (exact) mass is 292 g/mol. The molecule has 0 fully saturated rings. The molecule has 5 heteroatoms. The minimum absolute atomic E-state index is 0.103. The molecule has 0 atom stereocenters. The maximum absolute atomic E-state index is 13.4. The molecule has 2 rings (SSSR count). The molecule has 0 unspecified atom stereocenters. The molecule has 0 radical (unpaired) electrons. The van der Waals surface area contributed by atoms with Gasteiger partial charge >= 0.3 is 0 Å². The van der Waals surface area contributed by atoms with Crippen LogP contribution in [0.5, 0.6) is 11.5 Å². The Labute approximate surface area is 106 Å². The van der Waals surface area contributed by atoms with E-state index in [2.05, 4.69) is 20.9 Å². The van der Waals surface area contributed by atoms with Crippen LogP contribution in [0.2, 0.25) is 0 Å². The first-order valence-corrected chi connectivity index (χ1v) is 5.47. The van der Waals surface area contributed by atoms with Crippen molar-refractivity contribution in [2.75, 3.05) is 0 Å². The molecular weight excluding hydrogens is 287 g/mol. The summed E-state index contributed by atoms with van der Waals surface area (Å²) in [6.45, 7) is 0. The van der Waals surface area contributed by atoms with E-state index in [1.807, 2.05) is 6.07 Å².